The standard InChI is InChI=1S/C21H23N3O3/c25-21(20-16-17-4-1-2-5-19(17)27-20)26-15-3-10-23-11-13-24(14-12-23)18-6-8-22-9-7-18/h1-2,4-9,16H,3,10-15H2. The van der Waals surface area contributed by atoms with E-state index in [1.807, 2.05) is 48.8 Å². The predicted octanol–water partition coefficient (Wildman–Crippen LogP) is 3.20. The van der Waals surface area contributed by atoms with Crippen molar-refractivity contribution < 1.29 is 13.9 Å². The zero-order chi connectivity index (χ0) is 18.5. The SMILES string of the molecule is O=C(OCCCN1CCN(c2ccncc2)CC1)c1cc2ccccc2o1. The number of nitrogens with zero attached hydrogens (tertiary/aromatic N) is 3. The van der Waals surface area contributed by atoms with Gasteiger partial charge in [0.05, 0.1) is 6.61 Å². The summed E-state index contributed by atoms with van der Waals surface area (Å²) in [6.45, 7) is 5.36. The largest absolute Gasteiger partial charge is 0.460 e. The minimum Gasteiger partial charge on any atom is -0.460 e. The van der Waals surface area contributed by atoms with Crippen LogP contribution in [-0.4, -0.2) is 55.2 Å². The maximum Gasteiger partial charge on any atom is 0.374 e. The van der Waals surface area contributed by atoms with Crippen molar-refractivity contribution in [3.8, 4) is 0 Å². The molecule has 1 saturated heterocycles. The number of hydrogen-bond acceptors (Lipinski definition) is 6. The Morgan fingerprint density at radius 3 is 2.63 bits per heavy atom. The number of carbonyl (C=O) groups is 1. The second kappa shape index (κ2) is 8.22. The number of anilines is 1. The molecule has 0 bridgehead atoms. The number of furan rings is 1. The number of hydrogen-bond donors (Lipinski definition) is 0. The maximum absolute atomic E-state index is 12.1. The van der Waals surface area contributed by atoms with Gasteiger partial charge in [0.2, 0.25) is 5.76 Å². The van der Waals surface area contributed by atoms with E-state index < -0.39 is 5.97 Å². The summed E-state index contributed by atoms with van der Waals surface area (Å²) in [7, 11) is 0. The van der Waals surface area contributed by atoms with Crippen LogP contribution in [0.5, 0.6) is 0 Å². The minimum absolute atomic E-state index is 0.266. The lowest BCUT2D eigenvalue weighted by molar-refractivity contribution is 0.0454. The van der Waals surface area contributed by atoms with Crippen LogP contribution < -0.4 is 4.90 Å². The number of fused-ring (bicyclic) bond motifs is 1. The first-order chi connectivity index (χ1) is 13.3. The molecule has 3 aromatic rings. The molecule has 1 aliphatic rings. The molecule has 1 fully saturated rings. The second-order valence-electron chi connectivity index (χ2n) is 6.67. The first kappa shape index (κ1) is 17.5. The number of pyridine rings is 1. The van der Waals surface area contributed by atoms with Gasteiger partial charge >= 0.3 is 5.97 Å². The lowest BCUT2D eigenvalue weighted by atomic mass is 10.2. The summed E-state index contributed by atoms with van der Waals surface area (Å²) in [4.78, 5) is 21.0. The van der Waals surface area contributed by atoms with Gasteiger partial charge in [0.15, 0.2) is 0 Å². The Balaban J connectivity index is 1.18. The van der Waals surface area contributed by atoms with Crippen molar-refractivity contribution in [2.24, 2.45) is 0 Å². The molecule has 0 saturated carbocycles. The topological polar surface area (TPSA) is 58.8 Å². The van der Waals surface area contributed by atoms with Gasteiger partial charge < -0.3 is 14.1 Å². The second-order valence-corrected chi connectivity index (χ2v) is 6.67. The normalized spacial score (nSPS) is 15.2. The Hall–Kier alpha value is -2.86. The fourth-order valence-electron chi connectivity index (χ4n) is 3.39. The van der Waals surface area contributed by atoms with Crippen LogP contribution in [-0.2, 0) is 4.74 Å². The number of piperazine rings is 1. The number of esters is 1. The molecule has 1 aliphatic heterocycles. The van der Waals surface area contributed by atoms with Gasteiger partial charge in [-0.05, 0) is 30.7 Å². The first-order valence-electron chi connectivity index (χ1n) is 9.33. The number of aromatic nitrogens is 1. The third-order valence-electron chi connectivity index (χ3n) is 4.88. The lowest BCUT2D eigenvalue weighted by Gasteiger charge is -2.36. The van der Waals surface area contributed by atoms with Gasteiger partial charge in [-0.1, -0.05) is 18.2 Å². The molecule has 0 N–H and O–H groups in total. The molecular formula is C21H23N3O3. The van der Waals surface area contributed by atoms with Gasteiger partial charge in [0, 0.05) is 56.2 Å². The van der Waals surface area contributed by atoms with E-state index in [0.29, 0.717) is 12.2 Å². The van der Waals surface area contributed by atoms with E-state index in [1.54, 1.807) is 6.07 Å². The van der Waals surface area contributed by atoms with Gasteiger partial charge in [0.25, 0.3) is 0 Å². The minimum atomic E-state index is -0.395. The molecule has 0 spiro atoms. The summed E-state index contributed by atoms with van der Waals surface area (Å²) in [6.07, 6.45) is 4.48. The molecule has 27 heavy (non-hydrogen) atoms. The van der Waals surface area contributed by atoms with Crippen LogP contribution in [0.15, 0.2) is 59.3 Å². The molecule has 2 aromatic heterocycles. The summed E-state index contributed by atoms with van der Waals surface area (Å²) >= 11 is 0. The van der Waals surface area contributed by atoms with Gasteiger partial charge in [0.1, 0.15) is 5.58 Å². The van der Waals surface area contributed by atoms with E-state index >= 15 is 0 Å². The van der Waals surface area contributed by atoms with Gasteiger partial charge in [-0.3, -0.25) is 9.88 Å². The summed E-state index contributed by atoms with van der Waals surface area (Å²) in [5, 5.41) is 0.913. The molecule has 0 atom stereocenters. The van der Waals surface area contributed by atoms with E-state index in [0.717, 1.165) is 44.5 Å². The average Bonchev–Trinajstić information content (AvgIpc) is 3.17. The molecule has 6 nitrogen and oxygen atoms in total. The molecule has 6 heteroatoms. The molecule has 0 unspecified atom stereocenters. The predicted molar refractivity (Wildman–Crippen MR) is 104 cm³/mol. The lowest BCUT2D eigenvalue weighted by Crippen LogP contribution is -2.46. The Bertz CT molecular complexity index is 853. The smallest absolute Gasteiger partial charge is 0.374 e. The summed E-state index contributed by atoms with van der Waals surface area (Å²) in [5.41, 5.74) is 1.93. The van der Waals surface area contributed by atoms with Crippen LogP contribution in [0.25, 0.3) is 11.0 Å². The Kier molecular flexibility index (Phi) is 5.34. The molecule has 4 rings (SSSR count). The third-order valence-corrected chi connectivity index (χ3v) is 4.88. The monoisotopic (exact) mass is 365 g/mol. The summed E-state index contributed by atoms with van der Waals surface area (Å²) < 4.78 is 10.9. The highest BCUT2D eigenvalue weighted by Gasteiger charge is 2.17. The average molecular weight is 365 g/mol. The molecule has 3 heterocycles. The Labute approximate surface area is 158 Å². The third kappa shape index (κ3) is 4.28. The van der Waals surface area contributed by atoms with Crippen LogP contribution in [0.2, 0.25) is 0 Å². The van der Waals surface area contributed by atoms with E-state index in [9.17, 15) is 4.79 Å². The van der Waals surface area contributed by atoms with E-state index in [2.05, 4.69) is 14.8 Å². The molecular weight excluding hydrogens is 342 g/mol. The highest BCUT2D eigenvalue weighted by Crippen LogP contribution is 2.19. The van der Waals surface area contributed by atoms with E-state index in [-0.39, 0.29) is 5.76 Å². The van der Waals surface area contributed by atoms with Crippen LogP contribution in [0.4, 0.5) is 5.69 Å². The molecule has 0 aliphatic carbocycles. The van der Waals surface area contributed by atoms with Gasteiger partial charge in [-0.2, -0.15) is 0 Å². The van der Waals surface area contributed by atoms with Crippen LogP contribution in [0.3, 0.4) is 0 Å². The van der Waals surface area contributed by atoms with Gasteiger partial charge in [-0.15, -0.1) is 0 Å². The highest BCUT2D eigenvalue weighted by atomic mass is 16.5. The van der Waals surface area contributed by atoms with Crippen LogP contribution >= 0.6 is 0 Å². The number of ether oxygens (including phenoxy) is 1. The maximum atomic E-state index is 12.1. The molecule has 140 valence electrons. The zero-order valence-corrected chi connectivity index (χ0v) is 15.2. The van der Waals surface area contributed by atoms with Crippen molar-refractivity contribution in [2.75, 3.05) is 44.2 Å². The van der Waals surface area contributed by atoms with Crippen LogP contribution in [0.1, 0.15) is 17.0 Å². The Morgan fingerprint density at radius 1 is 1.07 bits per heavy atom. The fraction of sp³-hybridized carbons (Fsp3) is 0.333. The summed E-state index contributed by atoms with van der Waals surface area (Å²) in [6, 6.07) is 13.4. The quantitative estimate of drug-likeness (QED) is 0.494. The number of carbonyl (C=O) groups excluding carboxylic acids is 1. The van der Waals surface area contributed by atoms with Crippen molar-refractivity contribution in [1.82, 2.24) is 9.88 Å². The first-order valence-corrected chi connectivity index (χ1v) is 9.33. The number of para-hydroxylation sites is 1. The van der Waals surface area contributed by atoms with Crippen molar-refractivity contribution in [3.63, 3.8) is 0 Å². The number of rotatable bonds is 6. The van der Waals surface area contributed by atoms with Crippen molar-refractivity contribution in [2.45, 2.75) is 6.42 Å². The zero-order valence-electron chi connectivity index (χ0n) is 15.2. The fourth-order valence-corrected chi connectivity index (χ4v) is 3.39. The van der Waals surface area contributed by atoms with E-state index in [1.165, 1.54) is 5.69 Å². The summed E-state index contributed by atoms with van der Waals surface area (Å²) in [5.74, 6) is -0.129. The van der Waals surface area contributed by atoms with Crippen LogP contribution in [0, 0.1) is 0 Å². The Morgan fingerprint density at radius 2 is 1.85 bits per heavy atom. The highest BCUT2D eigenvalue weighted by molar-refractivity contribution is 5.92. The van der Waals surface area contributed by atoms with E-state index in [4.69, 9.17) is 9.15 Å². The number of benzene rings is 1. The van der Waals surface area contributed by atoms with Crippen molar-refractivity contribution >= 4 is 22.6 Å². The van der Waals surface area contributed by atoms with Crippen molar-refractivity contribution in [1.29, 1.82) is 0 Å². The molecule has 1 aromatic carbocycles. The van der Waals surface area contributed by atoms with Gasteiger partial charge in [-0.25, -0.2) is 4.79 Å². The van der Waals surface area contributed by atoms with Crippen molar-refractivity contribution in [3.05, 3.63) is 60.6 Å². The molecule has 0 radical (unpaired) electrons. The molecule has 0 amide bonds.